The lowest BCUT2D eigenvalue weighted by Gasteiger charge is -2.05. The zero-order valence-electron chi connectivity index (χ0n) is 12.4. The summed E-state index contributed by atoms with van der Waals surface area (Å²) in [5.74, 6) is 0.00658. The van der Waals surface area contributed by atoms with Gasteiger partial charge in [0.05, 0.1) is 6.42 Å². The standard InChI is InChI=1S/C18H16FNO2S/c19-15-6-2-4-8-17(15)23-10-9-22-18(21)11-13-12-20-16-7-3-1-5-14(13)16/h1-8,12,20H,9-11H2. The summed E-state index contributed by atoms with van der Waals surface area (Å²) in [6.07, 6.45) is 2.06. The first-order valence-corrected chi connectivity index (χ1v) is 8.30. The Hall–Kier alpha value is -2.27. The molecular weight excluding hydrogens is 313 g/mol. The third kappa shape index (κ3) is 3.93. The Kier molecular flexibility index (Phi) is 4.98. The molecule has 0 aliphatic heterocycles. The van der Waals surface area contributed by atoms with Crippen LogP contribution >= 0.6 is 11.8 Å². The van der Waals surface area contributed by atoms with E-state index in [9.17, 15) is 9.18 Å². The van der Waals surface area contributed by atoms with Crippen molar-refractivity contribution in [2.45, 2.75) is 11.3 Å². The molecule has 1 heterocycles. The highest BCUT2D eigenvalue weighted by molar-refractivity contribution is 7.99. The van der Waals surface area contributed by atoms with Crippen LogP contribution in [0.5, 0.6) is 0 Å². The number of fused-ring (bicyclic) bond motifs is 1. The van der Waals surface area contributed by atoms with Gasteiger partial charge in [-0.3, -0.25) is 4.79 Å². The summed E-state index contributed by atoms with van der Waals surface area (Å²) >= 11 is 1.34. The molecule has 0 saturated heterocycles. The molecule has 3 rings (SSSR count). The molecule has 23 heavy (non-hydrogen) atoms. The van der Waals surface area contributed by atoms with Gasteiger partial charge in [0.2, 0.25) is 0 Å². The molecule has 0 radical (unpaired) electrons. The largest absolute Gasteiger partial charge is 0.465 e. The third-order valence-electron chi connectivity index (χ3n) is 3.45. The van der Waals surface area contributed by atoms with Crippen LogP contribution in [-0.4, -0.2) is 23.3 Å². The van der Waals surface area contributed by atoms with Gasteiger partial charge < -0.3 is 9.72 Å². The summed E-state index contributed by atoms with van der Waals surface area (Å²) in [5, 5.41) is 1.03. The van der Waals surface area contributed by atoms with E-state index in [1.165, 1.54) is 17.8 Å². The first kappa shape index (κ1) is 15.6. The average Bonchev–Trinajstić information content (AvgIpc) is 2.96. The van der Waals surface area contributed by atoms with Crippen molar-refractivity contribution >= 4 is 28.6 Å². The van der Waals surface area contributed by atoms with Crippen LogP contribution < -0.4 is 0 Å². The van der Waals surface area contributed by atoms with E-state index < -0.39 is 0 Å². The molecule has 0 aliphatic rings. The number of aromatic nitrogens is 1. The summed E-state index contributed by atoms with van der Waals surface area (Å²) < 4.78 is 18.7. The van der Waals surface area contributed by atoms with Crippen LogP contribution in [0.3, 0.4) is 0 Å². The van der Waals surface area contributed by atoms with Gasteiger partial charge in [-0.1, -0.05) is 30.3 Å². The summed E-state index contributed by atoms with van der Waals surface area (Å²) in [6.45, 7) is 0.264. The van der Waals surface area contributed by atoms with E-state index in [4.69, 9.17) is 4.74 Å². The highest BCUT2D eigenvalue weighted by Gasteiger charge is 2.10. The number of para-hydroxylation sites is 1. The number of rotatable bonds is 6. The number of hydrogen-bond donors (Lipinski definition) is 1. The number of esters is 1. The maximum absolute atomic E-state index is 13.4. The van der Waals surface area contributed by atoms with Crippen molar-refractivity contribution in [3.63, 3.8) is 0 Å². The van der Waals surface area contributed by atoms with Crippen LogP contribution in [0, 0.1) is 5.82 Å². The average molecular weight is 329 g/mol. The minimum Gasteiger partial charge on any atom is -0.465 e. The van der Waals surface area contributed by atoms with Gasteiger partial charge in [-0.05, 0) is 23.8 Å². The van der Waals surface area contributed by atoms with Gasteiger partial charge in [0.25, 0.3) is 0 Å². The Balaban J connectivity index is 1.48. The minimum absolute atomic E-state index is 0.231. The van der Waals surface area contributed by atoms with Crippen molar-refractivity contribution < 1.29 is 13.9 Å². The molecule has 2 aromatic carbocycles. The second-order valence-electron chi connectivity index (χ2n) is 5.04. The molecule has 5 heteroatoms. The van der Waals surface area contributed by atoms with E-state index in [1.54, 1.807) is 18.2 Å². The summed E-state index contributed by atoms with van der Waals surface area (Å²) in [7, 11) is 0. The molecule has 1 aromatic heterocycles. The predicted octanol–water partition coefficient (Wildman–Crippen LogP) is 4.19. The van der Waals surface area contributed by atoms with Crippen molar-refractivity contribution in [1.82, 2.24) is 4.98 Å². The number of aromatic amines is 1. The van der Waals surface area contributed by atoms with E-state index in [0.717, 1.165) is 16.5 Å². The third-order valence-corrected chi connectivity index (χ3v) is 4.46. The Labute approximate surface area is 137 Å². The number of nitrogens with one attached hydrogen (secondary N) is 1. The number of ether oxygens (including phenoxy) is 1. The summed E-state index contributed by atoms with van der Waals surface area (Å²) in [6, 6.07) is 14.4. The second-order valence-corrected chi connectivity index (χ2v) is 6.17. The van der Waals surface area contributed by atoms with Gasteiger partial charge in [-0.25, -0.2) is 4.39 Å². The molecule has 0 amide bonds. The Morgan fingerprint density at radius 2 is 1.91 bits per heavy atom. The number of benzene rings is 2. The van der Waals surface area contributed by atoms with Crippen LogP contribution in [0.4, 0.5) is 4.39 Å². The van der Waals surface area contributed by atoms with Gasteiger partial charge in [-0.15, -0.1) is 11.8 Å². The molecule has 3 aromatic rings. The lowest BCUT2D eigenvalue weighted by Crippen LogP contribution is -2.10. The number of H-pyrrole nitrogens is 1. The predicted molar refractivity (Wildman–Crippen MR) is 90.1 cm³/mol. The fourth-order valence-corrected chi connectivity index (χ4v) is 3.12. The van der Waals surface area contributed by atoms with Crippen LogP contribution in [0.15, 0.2) is 59.6 Å². The Bertz CT molecular complexity index is 815. The van der Waals surface area contributed by atoms with Gasteiger partial charge in [-0.2, -0.15) is 0 Å². The van der Waals surface area contributed by atoms with Crippen molar-refractivity contribution in [1.29, 1.82) is 0 Å². The Morgan fingerprint density at radius 3 is 2.78 bits per heavy atom. The lowest BCUT2D eigenvalue weighted by atomic mass is 10.1. The number of thioether (sulfide) groups is 1. The topological polar surface area (TPSA) is 42.1 Å². The molecule has 118 valence electrons. The van der Waals surface area contributed by atoms with Crippen LogP contribution in [0.2, 0.25) is 0 Å². The first-order valence-electron chi connectivity index (χ1n) is 7.32. The monoisotopic (exact) mass is 329 g/mol. The first-order chi connectivity index (χ1) is 11.2. The number of carbonyl (C=O) groups excluding carboxylic acids is 1. The van der Waals surface area contributed by atoms with Crippen molar-refractivity contribution in [3.8, 4) is 0 Å². The molecule has 0 bridgehead atoms. The quantitative estimate of drug-likeness (QED) is 0.419. The normalized spacial score (nSPS) is 10.8. The number of halogens is 1. The lowest BCUT2D eigenvalue weighted by molar-refractivity contribution is -0.142. The maximum atomic E-state index is 13.4. The van der Waals surface area contributed by atoms with E-state index in [2.05, 4.69) is 4.98 Å². The maximum Gasteiger partial charge on any atom is 0.310 e. The van der Waals surface area contributed by atoms with Crippen molar-refractivity contribution in [2.24, 2.45) is 0 Å². The van der Waals surface area contributed by atoms with Gasteiger partial charge in [0, 0.05) is 27.7 Å². The number of carbonyl (C=O) groups is 1. The number of hydrogen-bond acceptors (Lipinski definition) is 3. The molecular formula is C18H16FNO2S. The summed E-state index contributed by atoms with van der Waals surface area (Å²) in [4.78, 5) is 15.6. The molecule has 0 aliphatic carbocycles. The fraction of sp³-hybridized carbons (Fsp3) is 0.167. The Morgan fingerprint density at radius 1 is 1.13 bits per heavy atom. The zero-order valence-corrected chi connectivity index (χ0v) is 13.2. The van der Waals surface area contributed by atoms with Gasteiger partial charge in [0.15, 0.2) is 0 Å². The van der Waals surface area contributed by atoms with Crippen molar-refractivity contribution in [3.05, 3.63) is 66.1 Å². The van der Waals surface area contributed by atoms with Crippen molar-refractivity contribution in [2.75, 3.05) is 12.4 Å². The molecule has 1 N–H and O–H groups in total. The van der Waals surface area contributed by atoms with Gasteiger partial charge >= 0.3 is 5.97 Å². The van der Waals surface area contributed by atoms with E-state index in [-0.39, 0.29) is 24.8 Å². The van der Waals surface area contributed by atoms with E-state index in [0.29, 0.717) is 10.6 Å². The zero-order chi connectivity index (χ0) is 16.1. The van der Waals surface area contributed by atoms with Crippen LogP contribution in [-0.2, 0) is 16.0 Å². The highest BCUT2D eigenvalue weighted by atomic mass is 32.2. The summed E-state index contributed by atoms with van der Waals surface area (Å²) in [5.41, 5.74) is 1.93. The second kappa shape index (κ2) is 7.33. The smallest absolute Gasteiger partial charge is 0.310 e. The molecule has 0 fully saturated rings. The van der Waals surface area contributed by atoms with E-state index in [1.807, 2.05) is 30.5 Å². The van der Waals surface area contributed by atoms with E-state index >= 15 is 0 Å². The highest BCUT2D eigenvalue weighted by Crippen LogP contribution is 2.21. The van der Waals surface area contributed by atoms with Crippen LogP contribution in [0.25, 0.3) is 10.9 Å². The fourth-order valence-electron chi connectivity index (χ4n) is 2.35. The molecule has 3 nitrogen and oxygen atoms in total. The molecule has 0 saturated carbocycles. The molecule has 0 atom stereocenters. The molecule has 0 spiro atoms. The van der Waals surface area contributed by atoms with Gasteiger partial charge in [0.1, 0.15) is 12.4 Å². The van der Waals surface area contributed by atoms with Crippen LogP contribution in [0.1, 0.15) is 5.56 Å². The molecule has 0 unspecified atom stereocenters. The minimum atomic E-state index is -0.274. The SMILES string of the molecule is O=C(Cc1c[nH]c2ccccc12)OCCSc1ccccc1F.